The molecule has 45 heavy (non-hydrogen) atoms. The van der Waals surface area contributed by atoms with E-state index in [1.165, 1.54) is 0 Å². The Morgan fingerprint density at radius 1 is 0.622 bits per heavy atom. The molecule has 6 nitrogen and oxygen atoms in total. The lowest BCUT2D eigenvalue weighted by Crippen LogP contribution is -2.26. The van der Waals surface area contributed by atoms with Crippen molar-refractivity contribution in [3.63, 3.8) is 0 Å². The van der Waals surface area contributed by atoms with Crippen LogP contribution in [0.5, 0.6) is 5.75 Å². The second-order valence-corrected chi connectivity index (χ2v) is 20.5. The summed E-state index contributed by atoms with van der Waals surface area (Å²) < 4.78 is 127. The van der Waals surface area contributed by atoms with Gasteiger partial charge in [0, 0.05) is 31.5 Å². The molecule has 6 saturated heterocycles. The fourth-order valence-electron chi connectivity index (χ4n) is 8.71. The van der Waals surface area contributed by atoms with E-state index in [9.17, 15) is 30.2 Å². The molecular weight excluding hydrogens is 693 g/mol. The topological polar surface area (TPSA) is 101 Å². The van der Waals surface area contributed by atoms with Gasteiger partial charge in [0.15, 0.2) is 11.6 Å². The van der Waals surface area contributed by atoms with Gasteiger partial charge in [-0.05, 0) is 92.2 Å². The summed E-state index contributed by atoms with van der Waals surface area (Å²) in [6.45, 7) is 0. The summed E-state index contributed by atoms with van der Waals surface area (Å²) in [5.74, 6) is -11.9. The van der Waals surface area contributed by atoms with E-state index in [0.717, 1.165) is 63.4 Å². The molecule has 9 unspecified atom stereocenters. The summed E-state index contributed by atoms with van der Waals surface area (Å²) in [5, 5.41) is 2.02. The third-order valence-electron chi connectivity index (χ3n) is 10.6. The molecule has 8 rings (SSSR count). The standard InChI is InChI=1S/C30H30F4O6S5/c31-24-26(33)30(44(35,36)37)27(34)25(32)28(24)40-45(38,39)29-19(17-10-14-2-5-22(17)42-14)7-12(16-9-13-1-4-21(16)41-13)8-20(29)18-11-15-3-6-23(18)43-15/h7-8,13-18,21-23H,1-6,9-11H2,(H,35,36,37)/p-1. The Morgan fingerprint density at radius 2 is 1.04 bits per heavy atom. The highest BCUT2D eigenvalue weighted by Crippen LogP contribution is 2.60. The first kappa shape index (κ1) is 31.2. The van der Waals surface area contributed by atoms with Crippen molar-refractivity contribution >= 4 is 55.5 Å². The molecule has 6 bridgehead atoms. The normalized spacial score (nSPS) is 35.2. The Morgan fingerprint density at radius 3 is 1.40 bits per heavy atom. The van der Waals surface area contributed by atoms with Gasteiger partial charge in [0.1, 0.15) is 19.9 Å². The molecule has 0 radical (unpaired) electrons. The van der Waals surface area contributed by atoms with Crippen LogP contribution in [0.25, 0.3) is 0 Å². The van der Waals surface area contributed by atoms with E-state index in [4.69, 9.17) is 4.18 Å². The zero-order valence-electron chi connectivity index (χ0n) is 23.7. The van der Waals surface area contributed by atoms with Crippen molar-refractivity contribution in [3.05, 3.63) is 52.1 Å². The predicted octanol–water partition coefficient (Wildman–Crippen LogP) is 7.17. The van der Waals surface area contributed by atoms with Crippen molar-refractivity contribution in [1.82, 2.24) is 0 Å². The Hall–Kier alpha value is -1.13. The van der Waals surface area contributed by atoms with Crippen molar-refractivity contribution in [3.8, 4) is 5.75 Å². The molecule has 6 fully saturated rings. The van der Waals surface area contributed by atoms with Gasteiger partial charge in [-0.25, -0.2) is 17.2 Å². The zero-order chi connectivity index (χ0) is 31.6. The van der Waals surface area contributed by atoms with Gasteiger partial charge in [-0.3, -0.25) is 0 Å². The van der Waals surface area contributed by atoms with Crippen LogP contribution >= 0.6 is 35.3 Å². The fraction of sp³-hybridized carbons (Fsp3) is 0.600. The Bertz CT molecular complexity index is 1740. The minimum absolute atomic E-state index is 0.153. The average molecular weight is 722 g/mol. The van der Waals surface area contributed by atoms with Crippen LogP contribution in [0.4, 0.5) is 17.6 Å². The van der Waals surface area contributed by atoms with Crippen molar-refractivity contribution in [2.45, 2.75) is 117 Å². The van der Waals surface area contributed by atoms with Gasteiger partial charge < -0.3 is 8.74 Å². The first-order valence-electron chi connectivity index (χ1n) is 15.2. The molecule has 0 N–H and O–H groups in total. The molecule has 6 aliphatic heterocycles. The molecule has 0 amide bonds. The maximum Gasteiger partial charge on any atom is 0.339 e. The van der Waals surface area contributed by atoms with E-state index >= 15 is 8.78 Å². The minimum atomic E-state index is -5.98. The van der Waals surface area contributed by atoms with E-state index in [1.807, 2.05) is 47.4 Å². The third-order valence-corrected chi connectivity index (χ3v) is 18.0. The highest BCUT2D eigenvalue weighted by molar-refractivity contribution is 8.01. The second-order valence-electron chi connectivity index (χ2n) is 13.1. The highest BCUT2D eigenvalue weighted by Gasteiger charge is 2.49. The molecule has 0 spiro atoms. The monoisotopic (exact) mass is 721 g/mol. The molecule has 15 heteroatoms. The van der Waals surface area contributed by atoms with Crippen LogP contribution in [0.2, 0.25) is 0 Å². The van der Waals surface area contributed by atoms with Gasteiger partial charge in [-0.1, -0.05) is 12.1 Å². The molecular formula is C30H29F4O6S5-. The van der Waals surface area contributed by atoms with Crippen LogP contribution in [-0.4, -0.2) is 52.9 Å². The first-order valence-corrected chi connectivity index (χ1v) is 20.8. The number of hydrogen-bond acceptors (Lipinski definition) is 9. The van der Waals surface area contributed by atoms with E-state index in [-0.39, 0.29) is 33.1 Å². The van der Waals surface area contributed by atoms with Crippen LogP contribution in [0.3, 0.4) is 0 Å². The number of halogens is 4. The molecule has 6 heterocycles. The molecule has 9 atom stereocenters. The van der Waals surface area contributed by atoms with E-state index < -0.39 is 54.2 Å². The summed E-state index contributed by atoms with van der Waals surface area (Å²) in [6, 6.07) is 3.89. The van der Waals surface area contributed by atoms with Gasteiger partial charge in [0.25, 0.3) is 0 Å². The van der Waals surface area contributed by atoms with Crippen molar-refractivity contribution < 1.29 is 43.1 Å². The van der Waals surface area contributed by atoms with Gasteiger partial charge in [0.05, 0.1) is 0 Å². The number of benzene rings is 2. The predicted molar refractivity (Wildman–Crippen MR) is 164 cm³/mol. The summed E-state index contributed by atoms with van der Waals surface area (Å²) in [4.78, 5) is -2.56. The van der Waals surface area contributed by atoms with E-state index in [0.29, 0.717) is 32.1 Å². The van der Waals surface area contributed by atoms with Crippen LogP contribution < -0.4 is 4.18 Å². The largest absolute Gasteiger partial charge is 0.744 e. The Kier molecular flexibility index (Phi) is 7.58. The van der Waals surface area contributed by atoms with Gasteiger partial charge in [-0.2, -0.15) is 52.5 Å². The SMILES string of the molecule is O=S(=O)([O-])c1c(F)c(F)c(OS(=O)(=O)c2c(C3CC4CCC3S4)cc(C3CC4CCC3S4)cc2C2CC3CCC2S3)c(F)c1F. The number of thioether (sulfide) groups is 3. The average Bonchev–Trinajstić information content (AvgIpc) is 3.85. The van der Waals surface area contributed by atoms with Crippen LogP contribution in [0, 0.1) is 23.3 Å². The molecule has 2 aromatic rings. The van der Waals surface area contributed by atoms with Crippen LogP contribution in [0.15, 0.2) is 21.9 Å². The van der Waals surface area contributed by atoms with Gasteiger partial charge in [-0.15, -0.1) is 0 Å². The van der Waals surface area contributed by atoms with Crippen molar-refractivity contribution in [1.29, 1.82) is 0 Å². The maximum absolute atomic E-state index is 15.1. The minimum Gasteiger partial charge on any atom is -0.744 e. The lowest BCUT2D eigenvalue weighted by molar-refractivity contribution is 0.362. The third kappa shape index (κ3) is 5.07. The Labute approximate surface area is 272 Å². The number of rotatable bonds is 7. The molecule has 2 aromatic carbocycles. The number of fused-ring (bicyclic) bond motifs is 6. The second kappa shape index (κ2) is 10.9. The van der Waals surface area contributed by atoms with Crippen LogP contribution in [0.1, 0.15) is 92.2 Å². The smallest absolute Gasteiger partial charge is 0.339 e. The number of hydrogen-bond donors (Lipinski definition) is 0. The molecule has 6 aliphatic rings. The lowest BCUT2D eigenvalue weighted by Gasteiger charge is -2.31. The lowest BCUT2D eigenvalue weighted by atomic mass is 9.76. The van der Waals surface area contributed by atoms with Gasteiger partial charge >= 0.3 is 10.1 Å². The van der Waals surface area contributed by atoms with E-state index in [1.54, 1.807) is 0 Å². The van der Waals surface area contributed by atoms with Crippen molar-refractivity contribution in [2.24, 2.45) is 0 Å². The molecule has 0 aliphatic carbocycles. The van der Waals surface area contributed by atoms with Crippen LogP contribution in [-0.2, 0) is 20.2 Å². The summed E-state index contributed by atoms with van der Waals surface area (Å²) >= 11 is 5.63. The summed E-state index contributed by atoms with van der Waals surface area (Å²) in [5.41, 5.74) is 2.13. The Balaban J connectivity index is 1.31. The molecule has 0 aromatic heterocycles. The zero-order valence-corrected chi connectivity index (χ0v) is 27.8. The quantitative estimate of drug-likeness (QED) is 0.128. The fourth-order valence-corrected chi connectivity index (χ4v) is 16.2. The first-order chi connectivity index (χ1) is 21.3. The summed E-state index contributed by atoms with van der Waals surface area (Å²) in [7, 11) is -11.1. The molecule has 0 saturated carbocycles. The highest BCUT2D eigenvalue weighted by atomic mass is 32.2. The molecule has 244 valence electrons. The summed E-state index contributed by atoms with van der Waals surface area (Å²) in [6.07, 6.45) is 8.56. The maximum atomic E-state index is 15.1. The van der Waals surface area contributed by atoms with E-state index in [2.05, 4.69) is 0 Å². The van der Waals surface area contributed by atoms with Crippen molar-refractivity contribution in [2.75, 3.05) is 0 Å². The van der Waals surface area contributed by atoms with Gasteiger partial charge in [0.2, 0.25) is 17.4 Å².